The number of carbonyl (C=O) groups is 2. The van der Waals surface area contributed by atoms with Gasteiger partial charge in [-0.25, -0.2) is 0 Å². The van der Waals surface area contributed by atoms with Gasteiger partial charge in [0.25, 0.3) is 5.91 Å². The van der Waals surface area contributed by atoms with Gasteiger partial charge in [0, 0.05) is 22.4 Å². The van der Waals surface area contributed by atoms with E-state index in [9.17, 15) is 9.59 Å². The highest BCUT2D eigenvalue weighted by Gasteiger charge is 2.21. The number of unbranched alkanes of at least 4 members (excludes halogenated alkanes) is 2. The summed E-state index contributed by atoms with van der Waals surface area (Å²) in [6.07, 6.45) is 3.29. The van der Waals surface area contributed by atoms with Crippen molar-refractivity contribution in [3.63, 3.8) is 0 Å². The normalized spacial score (nSPS) is 10.8. The molecule has 7 heteroatoms. The summed E-state index contributed by atoms with van der Waals surface area (Å²) < 4.78 is 5.66. The van der Waals surface area contributed by atoms with E-state index in [0.29, 0.717) is 23.5 Å². The second kappa shape index (κ2) is 11.5. The molecule has 166 valence electrons. The molecule has 3 N–H and O–H groups in total. The minimum Gasteiger partial charge on any atom is -0.494 e. The van der Waals surface area contributed by atoms with Crippen LogP contribution in [0.4, 0.5) is 11.4 Å². The molecule has 0 bridgehead atoms. The van der Waals surface area contributed by atoms with Crippen molar-refractivity contribution >= 4 is 40.5 Å². The summed E-state index contributed by atoms with van der Waals surface area (Å²) in [7, 11) is 0. The van der Waals surface area contributed by atoms with Crippen LogP contribution in [-0.2, 0) is 4.79 Å². The molecule has 0 aliphatic rings. The smallest absolute Gasteiger partial charge is 0.257 e. The molecule has 0 saturated heterocycles. The molecule has 0 aliphatic carbocycles. The van der Waals surface area contributed by atoms with Crippen molar-refractivity contribution in [2.24, 2.45) is 5.41 Å². The Morgan fingerprint density at radius 3 is 2.23 bits per heavy atom. The van der Waals surface area contributed by atoms with Crippen molar-refractivity contribution in [3.05, 3.63) is 54.1 Å². The van der Waals surface area contributed by atoms with Gasteiger partial charge in [-0.05, 0) is 61.1 Å². The molecule has 31 heavy (non-hydrogen) atoms. The van der Waals surface area contributed by atoms with Gasteiger partial charge in [0.05, 0.1) is 6.61 Å². The second-order valence-electron chi connectivity index (χ2n) is 8.27. The van der Waals surface area contributed by atoms with E-state index in [2.05, 4.69) is 22.9 Å². The van der Waals surface area contributed by atoms with Crippen LogP contribution in [0.15, 0.2) is 48.5 Å². The first-order valence-corrected chi connectivity index (χ1v) is 10.9. The van der Waals surface area contributed by atoms with Crippen molar-refractivity contribution in [1.29, 1.82) is 0 Å². The predicted octanol–water partition coefficient (Wildman–Crippen LogP) is 5.37. The lowest BCUT2D eigenvalue weighted by molar-refractivity contribution is -0.123. The number of thiocarbonyl (C=S) groups is 1. The first-order chi connectivity index (χ1) is 14.7. The van der Waals surface area contributed by atoms with Crippen LogP contribution >= 0.6 is 12.2 Å². The van der Waals surface area contributed by atoms with E-state index in [0.717, 1.165) is 25.0 Å². The SMILES string of the molecule is CCCCCOc1ccc(C(=O)NC(=S)Nc2cccc(NC(=O)C(C)(C)C)c2)cc1. The Bertz CT molecular complexity index is 905. The number of benzene rings is 2. The maximum absolute atomic E-state index is 12.4. The van der Waals surface area contributed by atoms with E-state index in [1.165, 1.54) is 0 Å². The summed E-state index contributed by atoms with van der Waals surface area (Å²) in [5, 5.41) is 8.67. The quantitative estimate of drug-likeness (QED) is 0.379. The average Bonchev–Trinajstić information content (AvgIpc) is 2.71. The summed E-state index contributed by atoms with van der Waals surface area (Å²) in [5.41, 5.74) is 1.29. The largest absolute Gasteiger partial charge is 0.494 e. The van der Waals surface area contributed by atoms with Crippen LogP contribution in [0.5, 0.6) is 5.75 Å². The first kappa shape index (κ1) is 24.3. The lowest BCUT2D eigenvalue weighted by atomic mass is 9.95. The Kier molecular flexibility index (Phi) is 9.00. The van der Waals surface area contributed by atoms with Gasteiger partial charge in [0.15, 0.2) is 5.11 Å². The fourth-order valence-corrected chi connectivity index (χ4v) is 2.79. The van der Waals surface area contributed by atoms with Crippen LogP contribution in [0, 0.1) is 5.41 Å². The monoisotopic (exact) mass is 441 g/mol. The molecular formula is C24H31N3O3S. The van der Waals surface area contributed by atoms with Gasteiger partial charge >= 0.3 is 0 Å². The lowest BCUT2D eigenvalue weighted by Gasteiger charge is -2.18. The van der Waals surface area contributed by atoms with Crippen LogP contribution < -0.4 is 20.7 Å². The summed E-state index contributed by atoms with van der Waals surface area (Å²) in [6.45, 7) is 8.36. The molecular weight excluding hydrogens is 410 g/mol. The summed E-state index contributed by atoms with van der Waals surface area (Å²) in [4.78, 5) is 24.6. The Labute approximate surface area is 189 Å². The Morgan fingerprint density at radius 1 is 0.968 bits per heavy atom. The van der Waals surface area contributed by atoms with Crippen molar-refractivity contribution in [1.82, 2.24) is 5.32 Å². The third-order valence-electron chi connectivity index (χ3n) is 4.42. The number of carbonyl (C=O) groups excluding carboxylic acids is 2. The minimum atomic E-state index is -0.497. The fourth-order valence-electron chi connectivity index (χ4n) is 2.58. The molecule has 0 spiro atoms. The third-order valence-corrected chi connectivity index (χ3v) is 4.62. The maximum atomic E-state index is 12.4. The number of ether oxygens (including phenoxy) is 1. The molecule has 6 nitrogen and oxygen atoms in total. The zero-order valence-corrected chi connectivity index (χ0v) is 19.4. The molecule has 2 aromatic rings. The van der Waals surface area contributed by atoms with Gasteiger partial charge < -0.3 is 15.4 Å². The third kappa shape index (κ3) is 8.38. The average molecular weight is 442 g/mol. The number of anilines is 2. The number of amides is 2. The predicted molar refractivity (Wildman–Crippen MR) is 130 cm³/mol. The topological polar surface area (TPSA) is 79.5 Å². The van der Waals surface area contributed by atoms with Crippen molar-refractivity contribution in [2.75, 3.05) is 17.2 Å². The second-order valence-corrected chi connectivity index (χ2v) is 8.68. The zero-order chi connectivity index (χ0) is 22.9. The summed E-state index contributed by atoms with van der Waals surface area (Å²) >= 11 is 5.26. The summed E-state index contributed by atoms with van der Waals surface area (Å²) in [5.74, 6) is 0.341. The van der Waals surface area contributed by atoms with Crippen molar-refractivity contribution < 1.29 is 14.3 Å². The lowest BCUT2D eigenvalue weighted by Crippen LogP contribution is -2.34. The number of hydrogen-bond donors (Lipinski definition) is 3. The van der Waals surface area contributed by atoms with Gasteiger partial charge in [0.1, 0.15) is 5.75 Å². The van der Waals surface area contributed by atoms with Gasteiger partial charge in [-0.2, -0.15) is 0 Å². The molecule has 2 aromatic carbocycles. The highest BCUT2D eigenvalue weighted by molar-refractivity contribution is 7.80. The Balaban J connectivity index is 1.88. The number of nitrogens with one attached hydrogen (secondary N) is 3. The molecule has 0 radical (unpaired) electrons. The molecule has 2 amide bonds. The molecule has 0 unspecified atom stereocenters. The van der Waals surface area contributed by atoms with Gasteiger partial charge in [-0.15, -0.1) is 0 Å². The molecule has 0 aromatic heterocycles. The van der Waals surface area contributed by atoms with E-state index in [-0.39, 0.29) is 16.9 Å². The van der Waals surface area contributed by atoms with Crippen LogP contribution in [0.1, 0.15) is 57.3 Å². The van der Waals surface area contributed by atoms with E-state index < -0.39 is 5.41 Å². The molecule has 2 rings (SSSR count). The summed E-state index contributed by atoms with van der Waals surface area (Å²) in [6, 6.07) is 14.1. The maximum Gasteiger partial charge on any atom is 0.257 e. The molecule has 0 fully saturated rings. The van der Waals surface area contributed by atoms with E-state index in [1.807, 2.05) is 20.8 Å². The number of hydrogen-bond acceptors (Lipinski definition) is 4. The van der Waals surface area contributed by atoms with Crippen LogP contribution in [-0.4, -0.2) is 23.5 Å². The zero-order valence-electron chi connectivity index (χ0n) is 18.6. The van der Waals surface area contributed by atoms with Gasteiger partial charge in [-0.1, -0.05) is 46.6 Å². The van der Waals surface area contributed by atoms with Gasteiger partial charge in [-0.3, -0.25) is 14.9 Å². The minimum absolute atomic E-state index is 0.0849. The number of rotatable bonds is 8. The van der Waals surface area contributed by atoms with Crippen LogP contribution in [0.2, 0.25) is 0 Å². The van der Waals surface area contributed by atoms with Gasteiger partial charge in [0.2, 0.25) is 5.91 Å². The van der Waals surface area contributed by atoms with Crippen LogP contribution in [0.25, 0.3) is 0 Å². The fraction of sp³-hybridized carbons (Fsp3) is 0.375. The van der Waals surface area contributed by atoms with E-state index in [1.54, 1.807) is 48.5 Å². The van der Waals surface area contributed by atoms with E-state index >= 15 is 0 Å². The Morgan fingerprint density at radius 2 is 1.61 bits per heavy atom. The Hall–Kier alpha value is -2.93. The highest BCUT2D eigenvalue weighted by atomic mass is 32.1. The van der Waals surface area contributed by atoms with Crippen LogP contribution in [0.3, 0.4) is 0 Å². The molecule has 0 aliphatic heterocycles. The molecule has 0 saturated carbocycles. The van der Waals surface area contributed by atoms with Crippen molar-refractivity contribution in [3.8, 4) is 5.75 Å². The standard InChI is InChI=1S/C24H31N3O3S/c1-5-6-7-15-30-20-13-11-17(12-14-20)21(28)27-23(31)26-19-10-8-9-18(16-19)25-22(29)24(2,3)4/h8-14,16H,5-7,15H2,1-4H3,(H,25,29)(H2,26,27,28,31). The molecule has 0 heterocycles. The highest BCUT2D eigenvalue weighted by Crippen LogP contribution is 2.20. The molecule has 0 atom stereocenters. The first-order valence-electron chi connectivity index (χ1n) is 10.5. The van der Waals surface area contributed by atoms with E-state index in [4.69, 9.17) is 17.0 Å². The van der Waals surface area contributed by atoms with Crippen molar-refractivity contribution in [2.45, 2.75) is 47.0 Å².